The van der Waals surface area contributed by atoms with Gasteiger partial charge in [-0.25, -0.2) is 0 Å². The first-order chi connectivity index (χ1) is 13.5. The summed E-state index contributed by atoms with van der Waals surface area (Å²) >= 11 is 0. The van der Waals surface area contributed by atoms with Crippen LogP contribution in [0, 0.1) is 0 Å². The Bertz CT molecular complexity index is 982. The van der Waals surface area contributed by atoms with Gasteiger partial charge in [-0.05, 0) is 29.8 Å². The molecule has 0 aliphatic heterocycles. The summed E-state index contributed by atoms with van der Waals surface area (Å²) in [5.74, 6) is 1.26. The summed E-state index contributed by atoms with van der Waals surface area (Å²) in [6, 6.07) is 5.15. The Hall–Kier alpha value is -3.82. The van der Waals surface area contributed by atoms with Crippen LogP contribution in [0.5, 0.6) is 17.2 Å². The van der Waals surface area contributed by atoms with E-state index < -0.39 is 5.91 Å². The lowest BCUT2D eigenvalue weighted by Crippen LogP contribution is -2.07. The summed E-state index contributed by atoms with van der Waals surface area (Å²) in [4.78, 5) is 12.2. The standard InChI is InChI=1S/C18H19N5O5/c1-23-12(7-8-19-23)17-21-22-18(28-17)20-15(24)6-5-11-9-13(25-2)16(27-4)14(10-11)26-3/h5-10H,1-4H3,(H,20,22,24)/b6-5+. The molecule has 0 aliphatic rings. The first-order valence-corrected chi connectivity index (χ1v) is 8.16. The number of carbonyl (C=O) groups is 1. The van der Waals surface area contributed by atoms with Crippen LogP contribution in [0.25, 0.3) is 17.7 Å². The molecule has 1 amide bonds. The van der Waals surface area contributed by atoms with Gasteiger partial charge in [-0.15, -0.1) is 5.10 Å². The van der Waals surface area contributed by atoms with E-state index in [2.05, 4.69) is 20.6 Å². The number of ether oxygens (including phenoxy) is 3. The van der Waals surface area contributed by atoms with Gasteiger partial charge < -0.3 is 18.6 Å². The van der Waals surface area contributed by atoms with Gasteiger partial charge in [0.25, 0.3) is 11.8 Å². The number of nitrogens with zero attached hydrogens (tertiary/aromatic N) is 4. The van der Waals surface area contributed by atoms with Crippen LogP contribution in [0.4, 0.5) is 6.01 Å². The Morgan fingerprint density at radius 1 is 1.14 bits per heavy atom. The molecule has 1 N–H and O–H groups in total. The van der Waals surface area contributed by atoms with Crippen molar-refractivity contribution >= 4 is 18.0 Å². The number of amides is 1. The molecule has 0 aliphatic carbocycles. The molecule has 0 radical (unpaired) electrons. The third-order valence-corrected chi connectivity index (χ3v) is 3.81. The molecule has 2 heterocycles. The average molecular weight is 385 g/mol. The number of hydrogen-bond donors (Lipinski definition) is 1. The summed E-state index contributed by atoms with van der Waals surface area (Å²) < 4.78 is 22.9. The lowest BCUT2D eigenvalue weighted by Gasteiger charge is -2.12. The number of methoxy groups -OCH3 is 3. The third-order valence-electron chi connectivity index (χ3n) is 3.81. The summed E-state index contributed by atoms with van der Waals surface area (Å²) in [5.41, 5.74) is 1.33. The van der Waals surface area contributed by atoms with E-state index >= 15 is 0 Å². The molecule has 0 spiro atoms. The predicted molar refractivity (Wildman–Crippen MR) is 100 cm³/mol. The van der Waals surface area contributed by atoms with Gasteiger partial charge in [-0.1, -0.05) is 5.10 Å². The van der Waals surface area contributed by atoms with Gasteiger partial charge in [0.2, 0.25) is 5.75 Å². The van der Waals surface area contributed by atoms with Gasteiger partial charge in [-0.3, -0.25) is 14.8 Å². The average Bonchev–Trinajstić information content (AvgIpc) is 3.33. The fraction of sp³-hybridized carbons (Fsp3) is 0.222. The highest BCUT2D eigenvalue weighted by Crippen LogP contribution is 2.38. The normalized spacial score (nSPS) is 10.9. The van der Waals surface area contributed by atoms with E-state index in [4.69, 9.17) is 18.6 Å². The zero-order chi connectivity index (χ0) is 20.1. The van der Waals surface area contributed by atoms with Gasteiger partial charge in [0.15, 0.2) is 11.5 Å². The molecule has 0 atom stereocenters. The number of aromatic nitrogens is 4. The van der Waals surface area contributed by atoms with E-state index in [9.17, 15) is 4.79 Å². The van der Waals surface area contributed by atoms with Crippen molar-refractivity contribution in [3.8, 4) is 28.8 Å². The molecule has 3 aromatic rings. The van der Waals surface area contributed by atoms with Crippen molar-refractivity contribution in [3.63, 3.8) is 0 Å². The zero-order valence-electron chi connectivity index (χ0n) is 15.8. The second-order valence-corrected chi connectivity index (χ2v) is 5.53. The maximum Gasteiger partial charge on any atom is 0.322 e. The Balaban J connectivity index is 1.72. The lowest BCUT2D eigenvalue weighted by atomic mass is 10.1. The van der Waals surface area contributed by atoms with Gasteiger partial charge in [-0.2, -0.15) is 5.10 Å². The van der Waals surface area contributed by atoms with E-state index in [1.165, 1.54) is 27.4 Å². The van der Waals surface area contributed by atoms with Crippen molar-refractivity contribution in [2.24, 2.45) is 7.05 Å². The van der Waals surface area contributed by atoms with Crippen molar-refractivity contribution in [2.75, 3.05) is 26.6 Å². The smallest absolute Gasteiger partial charge is 0.322 e. The van der Waals surface area contributed by atoms with E-state index in [-0.39, 0.29) is 11.9 Å². The van der Waals surface area contributed by atoms with E-state index in [0.717, 1.165) is 0 Å². The number of anilines is 1. The monoisotopic (exact) mass is 385 g/mol. The number of nitrogens with one attached hydrogen (secondary N) is 1. The molecule has 10 nitrogen and oxygen atoms in total. The second kappa shape index (κ2) is 8.25. The Labute approximate surface area is 160 Å². The van der Waals surface area contributed by atoms with Crippen molar-refractivity contribution in [3.05, 3.63) is 36.0 Å². The van der Waals surface area contributed by atoms with Crippen molar-refractivity contribution in [2.45, 2.75) is 0 Å². The largest absolute Gasteiger partial charge is 0.493 e. The number of benzene rings is 1. The molecule has 0 saturated heterocycles. The third kappa shape index (κ3) is 3.95. The molecule has 28 heavy (non-hydrogen) atoms. The first kappa shape index (κ1) is 19.0. The van der Waals surface area contributed by atoms with Crippen molar-refractivity contribution in [1.29, 1.82) is 0 Å². The SMILES string of the molecule is COc1cc(/C=C/C(=O)Nc2nnc(-c3ccnn3C)o2)cc(OC)c1OC. The van der Waals surface area contributed by atoms with Crippen LogP contribution in [0.15, 0.2) is 34.9 Å². The minimum atomic E-state index is -0.436. The highest BCUT2D eigenvalue weighted by molar-refractivity contribution is 6.00. The van der Waals surface area contributed by atoms with Crippen molar-refractivity contribution in [1.82, 2.24) is 20.0 Å². The number of rotatable bonds is 7. The highest BCUT2D eigenvalue weighted by Gasteiger charge is 2.14. The molecule has 10 heteroatoms. The van der Waals surface area contributed by atoms with Crippen LogP contribution in [-0.4, -0.2) is 47.2 Å². The summed E-state index contributed by atoms with van der Waals surface area (Å²) in [5, 5.41) is 14.2. The molecule has 0 bridgehead atoms. The summed E-state index contributed by atoms with van der Waals surface area (Å²) in [7, 11) is 6.31. The minimum Gasteiger partial charge on any atom is -0.493 e. The molecule has 2 aromatic heterocycles. The molecule has 1 aromatic carbocycles. The Kier molecular flexibility index (Phi) is 5.58. The number of aryl methyl sites for hydroxylation is 1. The molecular formula is C18H19N5O5. The van der Waals surface area contributed by atoms with E-state index in [1.54, 1.807) is 42.2 Å². The minimum absolute atomic E-state index is 0.0178. The summed E-state index contributed by atoms with van der Waals surface area (Å²) in [6.45, 7) is 0. The van der Waals surface area contributed by atoms with E-state index in [1.807, 2.05) is 0 Å². The van der Waals surface area contributed by atoms with Gasteiger partial charge in [0.1, 0.15) is 5.69 Å². The molecule has 0 saturated carbocycles. The van der Waals surface area contributed by atoms with Crippen LogP contribution >= 0.6 is 0 Å². The second-order valence-electron chi connectivity index (χ2n) is 5.53. The molecule has 146 valence electrons. The maximum absolute atomic E-state index is 12.2. The quantitative estimate of drug-likeness (QED) is 0.616. The number of hydrogen-bond acceptors (Lipinski definition) is 8. The van der Waals surface area contributed by atoms with Crippen LogP contribution < -0.4 is 19.5 Å². The lowest BCUT2D eigenvalue weighted by molar-refractivity contribution is -0.112. The van der Waals surface area contributed by atoms with Gasteiger partial charge >= 0.3 is 6.01 Å². The summed E-state index contributed by atoms with van der Waals surface area (Å²) in [6.07, 6.45) is 4.53. The van der Waals surface area contributed by atoms with Crippen LogP contribution in [0.1, 0.15) is 5.56 Å². The highest BCUT2D eigenvalue weighted by atomic mass is 16.5. The first-order valence-electron chi connectivity index (χ1n) is 8.16. The maximum atomic E-state index is 12.2. The number of carbonyl (C=O) groups excluding carboxylic acids is 1. The Morgan fingerprint density at radius 2 is 1.86 bits per heavy atom. The van der Waals surface area contributed by atoms with Crippen LogP contribution in [-0.2, 0) is 11.8 Å². The molecule has 0 unspecified atom stereocenters. The fourth-order valence-electron chi connectivity index (χ4n) is 2.48. The van der Waals surface area contributed by atoms with Gasteiger partial charge in [0, 0.05) is 19.3 Å². The van der Waals surface area contributed by atoms with Gasteiger partial charge in [0.05, 0.1) is 21.3 Å². The Morgan fingerprint density at radius 3 is 2.43 bits per heavy atom. The van der Waals surface area contributed by atoms with Crippen molar-refractivity contribution < 1.29 is 23.4 Å². The zero-order valence-corrected chi connectivity index (χ0v) is 15.8. The predicted octanol–water partition coefficient (Wildman–Crippen LogP) is 2.15. The molecule has 0 fully saturated rings. The van der Waals surface area contributed by atoms with Crippen LogP contribution in [0.3, 0.4) is 0 Å². The fourth-order valence-corrected chi connectivity index (χ4v) is 2.48. The molecular weight excluding hydrogens is 366 g/mol. The molecule has 3 rings (SSSR count). The topological polar surface area (TPSA) is 114 Å². The van der Waals surface area contributed by atoms with E-state index in [0.29, 0.717) is 28.5 Å². The van der Waals surface area contributed by atoms with Crippen LogP contribution in [0.2, 0.25) is 0 Å².